The van der Waals surface area contributed by atoms with Crippen molar-refractivity contribution in [3.63, 3.8) is 0 Å². The van der Waals surface area contributed by atoms with E-state index in [0.717, 1.165) is 22.4 Å². The van der Waals surface area contributed by atoms with Gasteiger partial charge in [0.05, 0.1) is 16.8 Å². The number of benzene rings is 2. The van der Waals surface area contributed by atoms with Crippen molar-refractivity contribution in [2.75, 3.05) is 5.32 Å². The number of nitrogens with zero attached hydrogens (tertiary/aromatic N) is 4. The van der Waals surface area contributed by atoms with Crippen molar-refractivity contribution in [3.05, 3.63) is 70.4 Å². The number of aromatic nitrogens is 4. The summed E-state index contributed by atoms with van der Waals surface area (Å²) >= 11 is 0. The molecule has 2 aromatic carbocycles. The highest BCUT2D eigenvalue weighted by Crippen LogP contribution is 2.34. The molecule has 2 heterocycles. The summed E-state index contributed by atoms with van der Waals surface area (Å²) in [7, 11) is 0. The number of hydrogen-bond donors (Lipinski definition) is 1. The predicted molar refractivity (Wildman–Crippen MR) is 99.6 cm³/mol. The lowest BCUT2D eigenvalue weighted by molar-refractivity contribution is -0.137. The molecule has 0 unspecified atom stereocenters. The lowest BCUT2D eigenvalue weighted by Crippen LogP contribution is -2.28. The van der Waals surface area contributed by atoms with Crippen molar-refractivity contribution in [2.45, 2.75) is 19.6 Å². The highest BCUT2D eigenvalue weighted by Gasteiger charge is 2.33. The summed E-state index contributed by atoms with van der Waals surface area (Å²) in [6, 6.07) is 10.0. The van der Waals surface area contributed by atoms with E-state index in [-0.39, 0.29) is 5.69 Å². The molecular formula is C19H14F3N5O2. The first-order valence-electron chi connectivity index (χ1n) is 8.55. The largest absolute Gasteiger partial charge is 0.418 e. The van der Waals surface area contributed by atoms with E-state index >= 15 is 0 Å². The molecule has 29 heavy (non-hydrogen) atoms. The van der Waals surface area contributed by atoms with Gasteiger partial charge in [-0.3, -0.25) is 4.79 Å². The molecule has 0 aliphatic rings. The molecule has 148 valence electrons. The van der Waals surface area contributed by atoms with Gasteiger partial charge in [0, 0.05) is 5.39 Å². The van der Waals surface area contributed by atoms with Crippen LogP contribution in [-0.4, -0.2) is 25.1 Å². The number of carbonyl (C=O) groups is 1. The van der Waals surface area contributed by atoms with Crippen LogP contribution in [0.4, 0.5) is 18.9 Å². The highest BCUT2D eigenvalue weighted by molar-refractivity contribution is 5.93. The number of nitrogens with one attached hydrogen (secondary N) is 1. The molecule has 0 atom stereocenters. The number of para-hydroxylation sites is 2. The maximum absolute atomic E-state index is 13.1. The van der Waals surface area contributed by atoms with E-state index in [4.69, 9.17) is 0 Å². The third-order valence-corrected chi connectivity index (χ3v) is 4.45. The molecular weight excluding hydrogens is 387 g/mol. The van der Waals surface area contributed by atoms with Gasteiger partial charge in [-0.25, -0.2) is 18.9 Å². The molecule has 0 spiro atoms. The zero-order valence-electron chi connectivity index (χ0n) is 15.1. The Balaban J connectivity index is 1.68. The van der Waals surface area contributed by atoms with Gasteiger partial charge in [0.2, 0.25) is 5.91 Å². The zero-order valence-corrected chi connectivity index (χ0v) is 15.1. The Hall–Kier alpha value is -3.69. The van der Waals surface area contributed by atoms with Gasteiger partial charge >= 0.3 is 11.9 Å². The maximum atomic E-state index is 13.1. The number of amides is 1. The number of alkyl halides is 3. The number of aryl methyl sites for hydroxylation is 1. The Morgan fingerprint density at radius 1 is 1.14 bits per heavy atom. The van der Waals surface area contributed by atoms with Gasteiger partial charge in [-0.2, -0.15) is 13.2 Å². The number of carbonyl (C=O) groups excluding carboxylic acids is 1. The molecule has 2 aromatic heterocycles. The molecule has 4 rings (SSSR count). The van der Waals surface area contributed by atoms with Gasteiger partial charge in [0.15, 0.2) is 5.65 Å². The summed E-state index contributed by atoms with van der Waals surface area (Å²) in [6.07, 6.45) is -3.31. The van der Waals surface area contributed by atoms with E-state index in [1.807, 2.05) is 13.0 Å². The van der Waals surface area contributed by atoms with Crippen LogP contribution >= 0.6 is 0 Å². The van der Waals surface area contributed by atoms with Crippen LogP contribution in [0, 0.1) is 6.92 Å². The van der Waals surface area contributed by atoms with Gasteiger partial charge in [0.25, 0.3) is 0 Å². The Labute approximate surface area is 161 Å². The fourth-order valence-corrected chi connectivity index (χ4v) is 3.10. The van der Waals surface area contributed by atoms with Gasteiger partial charge in [-0.1, -0.05) is 24.3 Å². The molecule has 0 radical (unpaired) electrons. The highest BCUT2D eigenvalue weighted by atomic mass is 19.4. The Kier molecular flexibility index (Phi) is 4.33. The van der Waals surface area contributed by atoms with E-state index in [0.29, 0.717) is 16.6 Å². The SMILES string of the molecule is Cc1cccc2c1ncn1c(=O)n(CC(=O)Nc3ccccc3C(F)(F)F)nc21. The van der Waals surface area contributed by atoms with Crippen molar-refractivity contribution in [1.82, 2.24) is 19.2 Å². The van der Waals surface area contributed by atoms with Crippen LogP contribution in [0.1, 0.15) is 11.1 Å². The molecule has 0 fully saturated rings. The van der Waals surface area contributed by atoms with E-state index in [1.165, 1.54) is 22.9 Å². The Morgan fingerprint density at radius 3 is 2.66 bits per heavy atom. The molecule has 0 aliphatic heterocycles. The topological polar surface area (TPSA) is 81.3 Å². The molecule has 7 nitrogen and oxygen atoms in total. The lowest BCUT2D eigenvalue weighted by Gasteiger charge is -2.13. The van der Waals surface area contributed by atoms with Crippen molar-refractivity contribution >= 4 is 28.1 Å². The minimum absolute atomic E-state index is 0.312. The quantitative estimate of drug-likeness (QED) is 0.572. The third kappa shape index (κ3) is 3.33. The number of halogens is 3. The molecule has 4 aromatic rings. The second-order valence-corrected chi connectivity index (χ2v) is 6.44. The first kappa shape index (κ1) is 18.7. The van der Waals surface area contributed by atoms with E-state index < -0.39 is 29.9 Å². The van der Waals surface area contributed by atoms with Crippen LogP contribution in [-0.2, 0) is 17.5 Å². The van der Waals surface area contributed by atoms with E-state index in [9.17, 15) is 22.8 Å². The minimum atomic E-state index is -4.62. The van der Waals surface area contributed by atoms with Gasteiger partial charge in [-0.05, 0) is 30.7 Å². The van der Waals surface area contributed by atoms with Crippen LogP contribution in [0.25, 0.3) is 16.6 Å². The van der Waals surface area contributed by atoms with Crippen molar-refractivity contribution in [2.24, 2.45) is 0 Å². The second-order valence-electron chi connectivity index (χ2n) is 6.44. The summed E-state index contributed by atoms with van der Waals surface area (Å²) in [5.74, 6) is -0.805. The fraction of sp³-hybridized carbons (Fsp3) is 0.158. The van der Waals surface area contributed by atoms with Crippen LogP contribution in [0.2, 0.25) is 0 Å². The van der Waals surface area contributed by atoms with Crippen LogP contribution in [0.3, 0.4) is 0 Å². The molecule has 0 aliphatic carbocycles. The first-order chi connectivity index (χ1) is 13.8. The Bertz CT molecular complexity index is 1310. The number of anilines is 1. The van der Waals surface area contributed by atoms with Gasteiger partial charge < -0.3 is 5.32 Å². The van der Waals surface area contributed by atoms with Crippen molar-refractivity contribution < 1.29 is 18.0 Å². The predicted octanol–water partition coefficient (Wildman–Crippen LogP) is 3.01. The van der Waals surface area contributed by atoms with Gasteiger partial charge in [-0.15, -0.1) is 5.10 Å². The average Bonchev–Trinajstić information content (AvgIpc) is 2.98. The summed E-state index contributed by atoms with van der Waals surface area (Å²) in [5, 5.41) is 7.01. The minimum Gasteiger partial charge on any atom is -0.324 e. The fourth-order valence-electron chi connectivity index (χ4n) is 3.10. The zero-order chi connectivity index (χ0) is 20.8. The summed E-state index contributed by atoms with van der Waals surface area (Å²) in [6.45, 7) is 1.33. The van der Waals surface area contributed by atoms with Crippen LogP contribution in [0.15, 0.2) is 53.6 Å². The molecule has 10 heteroatoms. The monoisotopic (exact) mass is 401 g/mol. The summed E-state index contributed by atoms with van der Waals surface area (Å²) in [4.78, 5) is 29.1. The summed E-state index contributed by atoms with van der Waals surface area (Å²) < 4.78 is 41.3. The first-order valence-corrected chi connectivity index (χ1v) is 8.55. The maximum Gasteiger partial charge on any atom is 0.418 e. The molecule has 1 N–H and O–H groups in total. The van der Waals surface area contributed by atoms with E-state index in [2.05, 4.69) is 15.4 Å². The second kappa shape index (κ2) is 6.73. The summed E-state index contributed by atoms with van der Waals surface area (Å²) in [5.41, 5.74) is -0.0949. The Morgan fingerprint density at radius 2 is 1.90 bits per heavy atom. The normalized spacial score (nSPS) is 11.9. The molecule has 0 saturated carbocycles. The molecule has 0 bridgehead atoms. The van der Waals surface area contributed by atoms with Gasteiger partial charge in [0.1, 0.15) is 12.9 Å². The van der Waals surface area contributed by atoms with Crippen LogP contribution < -0.4 is 11.0 Å². The van der Waals surface area contributed by atoms with Crippen LogP contribution in [0.5, 0.6) is 0 Å². The average molecular weight is 401 g/mol. The third-order valence-electron chi connectivity index (χ3n) is 4.45. The lowest BCUT2D eigenvalue weighted by atomic mass is 10.1. The van der Waals surface area contributed by atoms with E-state index in [1.54, 1.807) is 12.1 Å². The number of hydrogen-bond acceptors (Lipinski definition) is 4. The smallest absolute Gasteiger partial charge is 0.324 e. The molecule has 1 amide bonds. The number of fused-ring (bicyclic) bond motifs is 3. The van der Waals surface area contributed by atoms with Crippen molar-refractivity contribution in [3.8, 4) is 0 Å². The van der Waals surface area contributed by atoms with Crippen molar-refractivity contribution in [1.29, 1.82) is 0 Å². The molecule has 0 saturated heterocycles. The number of rotatable bonds is 3. The standard InChI is InChI=1S/C19H14F3N5O2/c1-11-5-4-6-12-16(11)23-10-26-17(12)25-27(18(26)29)9-15(28)24-14-8-3-2-7-13(14)19(20,21)22/h2-8,10H,9H2,1H3,(H,24,28).